The highest BCUT2D eigenvalue weighted by Crippen LogP contribution is 2.33. The summed E-state index contributed by atoms with van der Waals surface area (Å²) < 4.78 is 52.3. The van der Waals surface area contributed by atoms with Crippen LogP contribution in [0.2, 0.25) is 5.15 Å². The van der Waals surface area contributed by atoms with Crippen molar-refractivity contribution in [2.24, 2.45) is 0 Å². The Morgan fingerprint density at radius 3 is 2.45 bits per heavy atom. The highest BCUT2D eigenvalue weighted by Gasteiger charge is 2.25. The minimum absolute atomic E-state index is 0.000613. The van der Waals surface area contributed by atoms with Crippen LogP contribution in [0.4, 0.5) is 20.3 Å². The van der Waals surface area contributed by atoms with Crippen LogP contribution in [0.3, 0.4) is 0 Å². The Balaban J connectivity index is 1.73. The zero-order chi connectivity index (χ0) is 23.9. The number of aromatic nitrogens is 3. The van der Waals surface area contributed by atoms with E-state index in [-0.39, 0.29) is 22.2 Å². The minimum atomic E-state index is -3.06. The second-order valence-electron chi connectivity index (χ2n) is 8.16. The van der Waals surface area contributed by atoms with Gasteiger partial charge in [-0.15, -0.1) is 0 Å². The molecular formula is C22H24ClF2N5O2S. The molecule has 1 aliphatic heterocycles. The number of anilines is 2. The maximum atomic E-state index is 14.9. The third-order valence-electron chi connectivity index (χ3n) is 5.73. The Labute approximate surface area is 196 Å². The number of halogens is 3. The van der Waals surface area contributed by atoms with E-state index in [1.165, 1.54) is 13.0 Å². The minimum Gasteiger partial charge on any atom is -0.367 e. The van der Waals surface area contributed by atoms with Crippen LogP contribution in [-0.2, 0) is 9.84 Å². The fourth-order valence-electron chi connectivity index (χ4n) is 3.91. The maximum absolute atomic E-state index is 14.9. The fraction of sp³-hybridized carbons (Fsp3) is 0.409. The van der Waals surface area contributed by atoms with Crippen molar-refractivity contribution in [2.45, 2.75) is 33.0 Å². The summed E-state index contributed by atoms with van der Waals surface area (Å²) in [5, 5.41) is 3.98. The molecule has 0 saturated carbocycles. The standard InChI is InChI=1S/C22H24ClF2N5O2S/c1-12(24)15-5-4-6-16(19(15)25)13(2)26-21-17-11-18(30-7-9-33(31,32)10-8-30)20(23)29-22(17)28-14(3)27-21/h4-6,11-13H,7-10H2,1-3H3,(H,26,27,28,29)/t12?,13-/m1/s1. The molecule has 0 bridgehead atoms. The number of hydrogen-bond acceptors (Lipinski definition) is 7. The topological polar surface area (TPSA) is 88.1 Å². The number of nitrogens with zero attached hydrogens (tertiary/aromatic N) is 4. The number of rotatable bonds is 5. The van der Waals surface area contributed by atoms with Gasteiger partial charge in [-0.2, -0.15) is 0 Å². The largest absolute Gasteiger partial charge is 0.367 e. The molecule has 33 heavy (non-hydrogen) atoms. The smallest absolute Gasteiger partial charge is 0.166 e. The van der Waals surface area contributed by atoms with Crippen molar-refractivity contribution in [1.82, 2.24) is 15.0 Å². The van der Waals surface area contributed by atoms with Gasteiger partial charge >= 0.3 is 0 Å². The van der Waals surface area contributed by atoms with Crippen LogP contribution in [0.5, 0.6) is 0 Å². The van der Waals surface area contributed by atoms with Gasteiger partial charge in [-0.05, 0) is 26.8 Å². The molecule has 0 spiro atoms. The molecule has 3 aromatic rings. The highest BCUT2D eigenvalue weighted by atomic mass is 35.5. The SMILES string of the molecule is Cc1nc(N[C@H](C)c2cccc(C(C)F)c2F)c2cc(N3CCS(=O)(=O)CC3)c(Cl)nc2n1. The molecule has 1 saturated heterocycles. The molecule has 0 radical (unpaired) electrons. The maximum Gasteiger partial charge on any atom is 0.166 e. The van der Waals surface area contributed by atoms with Gasteiger partial charge in [0, 0.05) is 24.2 Å². The first kappa shape index (κ1) is 23.6. The van der Waals surface area contributed by atoms with E-state index in [9.17, 15) is 17.2 Å². The molecule has 11 heteroatoms. The van der Waals surface area contributed by atoms with E-state index in [0.29, 0.717) is 47.0 Å². The number of pyridine rings is 1. The normalized spacial score (nSPS) is 17.7. The monoisotopic (exact) mass is 495 g/mol. The van der Waals surface area contributed by atoms with Crippen molar-refractivity contribution in [3.63, 3.8) is 0 Å². The number of nitrogens with one attached hydrogen (secondary N) is 1. The Kier molecular flexibility index (Phi) is 6.41. The molecule has 0 aliphatic carbocycles. The van der Waals surface area contributed by atoms with Crippen LogP contribution in [0, 0.1) is 12.7 Å². The average Bonchev–Trinajstić information content (AvgIpc) is 2.73. The van der Waals surface area contributed by atoms with E-state index in [2.05, 4.69) is 20.3 Å². The lowest BCUT2D eigenvalue weighted by Gasteiger charge is -2.29. The summed E-state index contributed by atoms with van der Waals surface area (Å²) in [5.41, 5.74) is 1.26. The lowest BCUT2D eigenvalue weighted by atomic mass is 10.0. The van der Waals surface area contributed by atoms with Gasteiger partial charge in [-0.25, -0.2) is 32.2 Å². The van der Waals surface area contributed by atoms with E-state index >= 15 is 0 Å². The van der Waals surface area contributed by atoms with Crippen LogP contribution in [0.1, 0.15) is 43.0 Å². The number of aryl methyl sites for hydroxylation is 1. The number of hydrogen-bond donors (Lipinski definition) is 1. The molecule has 0 amide bonds. The Bertz CT molecular complexity index is 1310. The molecule has 3 heterocycles. The van der Waals surface area contributed by atoms with Gasteiger partial charge in [0.05, 0.1) is 28.6 Å². The Hall–Kier alpha value is -2.59. The van der Waals surface area contributed by atoms with Gasteiger partial charge in [0.15, 0.2) is 20.6 Å². The fourth-order valence-corrected chi connectivity index (χ4v) is 5.36. The summed E-state index contributed by atoms with van der Waals surface area (Å²) >= 11 is 6.41. The molecule has 7 nitrogen and oxygen atoms in total. The van der Waals surface area contributed by atoms with Crippen molar-refractivity contribution in [2.75, 3.05) is 34.8 Å². The van der Waals surface area contributed by atoms with E-state index in [0.717, 1.165) is 0 Å². The van der Waals surface area contributed by atoms with Crippen molar-refractivity contribution in [3.8, 4) is 0 Å². The quantitative estimate of drug-likeness (QED) is 0.519. The van der Waals surface area contributed by atoms with Crippen molar-refractivity contribution >= 4 is 44.0 Å². The van der Waals surface area contributed by atoms with Crippen LogP contribution in [-0.4, -0.2) is 48.0 Å². The molecule has 1 fully saturated rings. The molecule has 1 aliphatic rings. The predicted molar refractivity (Wildman–Crippen MR) is 126 cm³/mol. The first-order chi connectivity index (χ1) is 15.6. The molecule has 2 atom stereocenters. The van der Waals surface area contributed by atoms with Crippen LogP contribution in [0.15, 0.2) is 24.3 Å². The van der Waals surface area contributed by atoms with E-state index < -0.39 is 27.9 Å². The van der Waals surface area contributed by atoms with Gasteiger partial charge in [0.25, 0.3) is 0 Å². The third-order valence-corrected chi connectivity index (χ3v) is 7.61. The van der Waals surface area contributed by atoms with Gasteiger partial charge in [-0.3, -0.25) is 0 Å². The summed E-state index contributed by atoms with van der Waals surface area (Å²) in [4.78, 5) is 15.1. The summed E-state index contributed by atoms with van der Waals surface area (Å²) in [6, 6.07) is 5.89. The van der Waals surface area contributed by atoms with E-state index in [4.69, 9.17) is 11.6 Å². The zero-order valence-corrected chi connectivity index (χ0v) is 20.0. The summed E-state index contributed by atoms with van der Waals surface area (Å²) in [6.07, 6.45) is -1.43. The Morgan fingerprint density at radius 2 is 1.79 bits per heavy atom. The van der Waals surface area contributed by atoms with Crippen LogP contribution in [0.25, 0.3) is 11.0 Å². The van der Waals surface area contributed by atoms with Crippen molar-refractivity contribution in [1.29, 1.82) is 0 Å². The van der Waals surface area contributed by atoms with Crippen molar-refractivity contribution < 1.29 is 17.2 Å². The van der Waals surface area contributed by atoms with Gasteiger partial charge < -0.3 is 10.2 Å². The van der Waals surface area contributed by atoms with Crippen LogP contribution < -0.4 is 10.2 Å². The summed E-state index contributed by atoms with van der Waals surface area (Å²) in [5.74, 6) is 0.355. The average molecular weight is 496 g/mol. The van der Waals surface area contributed by atoms with E-state index in [1.807, 2.05) is 4.90 Å². The van der Waals surface area contributed by atoms with Crippen LogP contribution >= 0.6 is 11.6 Å². The highest BCUT2D eigenvalue weighted by molar-refractivity contribution is 7.91. The molecular weight excluding hydrogens is 472 g/mol. The zero-order valence-electron chi connectivity index (χ0n) is 18.4. The van der Waals surface area contributed by atoms with Gasteiger partial charge in [0.1, 0.15) is 23.6 Å². The molecule has 176 valence electrons. The number of alkyl halides is 1. The summed E-state index contributed by atoms with van der Waals surface area (Å²) in [7, 11) is -3.06. The first-order valence-corrected chi connectivity index (χ1v) is 12.7. The number of fused-ring (bicyclic) bond motifs is 1. The van der Waals surface area contributed by atoms with Crippen molar-refractivity contribution in [3.05, 3.63) is 52.2 Å². The second-order valence-corrected chi connectivity index (χ2v) is 10.8. The Morgan fingerprint density at radius 1 is 1.12 bits per heavy atom. The number of benzene rings is 1. The third kappa shape index (κ3) is 4.86. The molecule has 4 rings (SSSR count). The van der Waals surface area contributed by atoms with Gasteiger partial charge in [0.2, 0.25) is 0 Å². The van der Waals surface area contributed by atoms with E-state index in [1.54, 1.807) is 32.0 Å². The van der Waals surface area contributed by atoms with Gasteiger partial charge in [-0.1, -0.05) is 29.8 Å². The lowest BCUT2D eigenvalue weighted by Crippen LogP contribution is -2.40. The molecule has 1 aromatic carbocycles. The first-order valence-electron chi connectivity index (χ1n) is 10.5. The second kappa shape index (κ2) is 8.98. The lowest BCUT2D eigenvalue weighted by molar-refractivity contribution is 0.360. The summed E-state index contributed by atoms with van der Waals surface area (Å²) in [6.45, 7) is 5.37. The molecule has 2 aromatic heterocycles. The molecule has 1 N–H and O–H groups in total. The number of sulfone groups is 1. The predicted octanol–water partition coefficient (Wildman–Crippen LogP) is 4.56. The molecule has 1 unspecified atom stereocenters.